The number of carbonyl (C=O) groups excluding carboxylic acids is 2. The number of hydrogen-bond donors (Lipinski definition) is 0. The van der Waals surface area contributed by atoms with Gasteiger partial charge in [-0.15, -0.1) is 0 Å². The lowest BCUT2D eigenvalue weighted by molar-refractivity contribution is 0.103. The first kappa shape index (κ1) is 21.9. The quantitative estimate of drug-likeness (QED) is 0.270. The third kappa shape index (κ3) is 4.20. The Hall–Kier alpha value is -3.35. The molecule has 0 saturated heterocycles. The van der Waals surface area contributed by atoms with Crippen LogP contribution in [0, 0.1) is 20.8 Å². The van der Waals surface area contributed by atoms with Gasteiger partial charge in [-0.1, -0.05) is 97.1 Å². The molecule has 0 fully saturated rings. The highest BCUT2D eigenvalue weighted by Crippen LogP contribution is 2.40. The van der Waals surface area contributed by atoms with Crippen molar-refractivity contribution >= 4 is 29.8 Å². The van der Waals surface area contributed by atoms with E-state index in [2.05, 4.69) is 0 Å². The van der Waals surface area contributed by atoms with Crippen LogP contribution in [0.3, 0.4) is 0 Å². The molecule has 32 heavy (non-hydrogen) atoms. The molecular weight excluding hydrogens is 411 g/mol. The number of benzene rings is 4. The van der Waals surface area contributed by atoms with Crippen molar-refractivity contribution < 1.29 is 9.59 Å². The van der Waals surface area contributed by atoms with E-state index in [9.17, 15) is 9.59 Å². The number of hydrogen-bond acceptors (Lipinski definition) is 2. The van der Waals surface area contributed by atoms with Crippen molar-refractivity contribution in [2.45, 2.75) is 20.8 Å². The fourth-order valence-electron chi connectivity index (χ4n) is 4.25. The second kappa shape index (κ2) is 9.42. The number of rotatable bonds is 6. The summed E-state index contributed by atoms with van der Waals surface area (Å²) < 4.78 is 0. The van der Waals surface area contributed by atoms with Crippen LogP contribution in [0.4, 0.5) is 0 Å². The average molecular weight is 436 g/mol. The zero-order chi connectivity index (χ0) is 22.7. The molecule has 0 aliphatic rings. The summed E-state index contributed by atoms with van der Waals surface area (Å²) in [6.07, 6.45) is 0. The minimum Gasteiger partial charge on any atom is -0.289 e. The fourth-order valence-corrected chi connectivity index (χ4v) is 6.52. The molecule has 0 radical (unpaired) electrons. The summed E-state index contributed by atoms with van der Waals surface area (Å²) >= 11 is 0. The third-order valence-corrected chi connectivity index (χ3v) is 7.94. The van der Waals surface area contributed by atoms with Gasteiger partial charge in [0.2, 0.25) is 0 Å². The van der Waals surface area contributed by atoms with E-state index in [1.165, 1.54) is 0 Å². The van der Waals surface area contributed by atoms with E-state index >= 15 is 0 Å². The Morgan fingerprint density at radius 2 is 1.03 bits per heavy atom. The van der Waals surface area contributed by atoms with Crippen LogP contribution in [-0.2, 0) is 0 Å². The second-order valence-electron chi connectivity index (χ2n) is 7.89. The summed E-state index contributed by atoms with van der Waals surface area (Å²) in [5, 5.41) is 2.02. The second-order valence-corrected chi connectivity index (χ2v) is 10.0. The molecule has 0 heterocycles. The Bertz CT molecular complexity index is 1220. The molecule has 2 nitrogen and oxygen atoms in total. The highest BCUT2D eigenvalue weighted by Gasteiger charge is 2.29. The highest BCUT2D eigenvalue weighted by molar-refractivity contribution is 7.88. The van der Waals surface area contributed by atoms with Gasteiger partial charge in [-0.3, -0.25) is 9.59 Å². The predicted molar refractivity (Wildman–Crippen MR) is 134 cm³/mol. The molecule has 3 heteroatoms. The first-order valence-corrected chi connectivity index (χ1v) is 12.0. The average Bonchev–Trinajstić information content (AvgIpc) is 2.81. The molecule has 4 aromatic rings. The van der Waals surface area contributed by atoms with Crippen LogP contribution < -0.4 is 10.6 Å². The van der Waals surface area contributed by atoms with Gasteiger partial charge in [0.15, 0.2) is 11.3 Å². The molecule has 0 bridgehead atoms. The molecule has 0 aliphatic heterocycles. The topological polar surface area (TPSA) is 34.1 Å². The first-order valence-electron chi connectivity index (χ1n) is 10.6. The molecule has 4 rings (SSSR count). The highest BCUT2D eigenvalue weighted by atomic mass is 31.1. The third-order valence-electron chi connectivity index (χ3n) is 5.68. The van der Waals surface area contributed by atoms with Crippen molar-refractivity contribution in [3.8, 4) is 0 Å². The predicted octanol–water partition coefficient (Wildman–Crippen LogP) is 6.12. The molecule has 0 unspecified atom stereocenters. The number of ketones is 1. The largest absolute Gasteiger partial charge is 0.289 e. The summed E-state index contributed by atoms with van der Waals surface area (Å²) in [6, 6.07) is 31.1. The summed E-state index contributed by atoms with van der Waals surface area (Å²) in [4.78, 5) is 27.5. The van der Waals surface area contributed by atoms with Crippen LogP contribution in [0.5, 0.6) is 0 Å². The molecule has 0 aromatic heterocycles. The Morgan fingerprint density at radius 3 is 1.53 bits per heavy atom. The molecule has 0 saturated carbocycles. The van der Waals surface area contributed by atoms with Crippen LogP contribution in [0.1, 0.15) is 43.0 Å². The maximum absolute atomic E-state index is 14.1. The van der Waals surface area contributed by atoms with E-state index in [0.29, 0.717) is 16.7 Å². The molecule has 0 spiro atoms. The van der Waals surface area contributed by atoms with Gasteiger partial charge in [0.25, 0.3) is 0 Å². The van der Waals surface area contributed by atoms with Gasteiger partial charge in [-0.05, 0) is 48.1 Å². The van der Waals surface area contributed by atoms with E-state index in [4.69, 9.17) is 0 Å². The van der Waals surface area contributed by atoms with Crippen molar-refractivity contribution in [1.82, 2.24) is 0 Å². The molecule has 0 atom stereocenters. The smallest absolute Gasteiger partial charge is 0.193 e. The normalized spacial score (nSPS) is 10.9. The van der Waals surface area contributed by atoms with Crippen LogP contribution in [0.15, 0.2) is 97.1 Å². The van der Waals surface area contributed by atoms with E-state index in [1.54, 1.807) is 0 Å². The zero-order valence-electron chi connectivity index (χ0n) is 18.5. The van der Waals surface area contributed by atoms with Gasteiger partial charge in [0.1, 0.15) is 0 Å². The van der Waals surface area contributed by atoms with Gasteiger partial charge in [-0.2, -0.15) is 0 Å². The minimum absolute atomic E-state index is 0.0431. The van der Waals surface area contributed by atoms with Crippen molar-refractivity contribution in [2.24, 2.45) is 0 Å². The molecule has 158 valence electrons. The van der Waals surface area contributed by atoms with Crippen molar-refractivity contribution in [1.29, 1.82) is 0 Å². The Morgan fingerprint density at radius 1 is 0.594 bits per heavy atom. The lowest BCUT2D eigenvalue weighted by Crippen LogP contribution is -2.21. The van der Waals surface area contributed by atoms with Gasteiger partial charge >= 0.3 is 0 Å². The van der Waals surface area contributed by atoms with Crippen molar-refractivity contribution in [3.05, 3.63) is 130 Å². The lowest BCUT2D eigenvalue weighted by Gasteiger charge is -2.22. The Kier molecular flexibility index (Phi) is 6.44. The molecular formula is C29H25O2P. The van der Waals surface area contributed by atoms with Crippen molar-refractivity contribution in [2.75, 3.05) is 0 Å². The van der Waals surface area contributed by atoms with E-state index in [1.807, 2.05) is 118 Å². The van der Waals surface area contributed by atoms with E-state index in [-0.39, 0.29) is 11.3 Å². The van der Waals surface area contributed by atoms with E-state index in [0.717, 1.165) is 27.3 Å². The zero-order valence-corrected chi connectivity index (χ0v) is 19.4. The summed E-state index contributed by atoms with van der Waals surface area (Å²) in [7, 11) is -1.27. The monoisotopic (exact) mass is 436 g/mol. The first-order chi connectivity index (χ1) is 15.5. The van der Waals surface area contributed by atoms with Gasteiger partial charge in [-0.25, -0.2) is 0 Å². The molecule has 0 aliphatic carbocycles. The Labute approximate surface area is 190 Å². The van der Waals surface area contributed by atoms with Crippen LogP contribution >= 0.6 is 7.92 Å². The maximum Gasteiger partial charge on any atom is 0.193 e. The van der Waals surface area contributed by atoms with Crippen LogP contribution in [0.2, 0.25) is 0 Å². The fraction of sp³-hybridized carbons (Fsp3) is 0.103. The number of carbonyl (C=O) groups is 2. The van der Waals surface area contributed by atoms with Crippen molar-refractivity contribution in [3.63, 3.8) is 0 Å². The van der Waals surface area contributed by atoms with Gasteiger partial charge in [0, 0.05) is 24.6 Å². The minimum atomic E-state index is -1.27. The number of aryl methyl sites for hydroxylation is 2. The summed E-state index contributed by atoms with van der Waals surface area (Å²) in [5.74, 6) is -0.0431. The standard InChI is InChI=1S/C29H25O2P/c1-20-19-21(2)27(22(3)26(20)28(30)23-13-7-4-8-14-23)29(31)32(24-15-9-5-10-16-24)25-17-11-6-12-18-25/h4-19H,1-3H3. The molecule has 0 amide bonds. The van der Waals surface area contributed by atoms with Crippen LogP contribution in [-0.4, -0.2) is 11.3 Å². The summed E-state index contributed by atoms with van der Waals surface area (Å²) in [5.41, 5.74) is 4.57. The Balaban J connectivity index is 1.88. The lowest BCUT2D eigenvalue weighted by atomic mass is 9.89. The van der Waals surface area contributed by atoms with Gasteiger partial charge < -0.3 is 0 Å². The van der Waals surface area contributed by atoms with Gasteiger partial charge in [0.05, 0.1) is 0 Å². The summed E-state index contributed by atoms with van der Waals surface area (Å²) in [6.45, 7) is 5.82. The molecule has 0 N–H and O–H groups in total. The van der Waals surface area contributed by atoms with Crippen LogP contribution in [0.25, 0.3) is 0 Å². The SMILES string of the molecule is Cc1cc(C)c(C(=O)P(c2ccccc2)c2ccccc2)c(C)c1C(=O)c1ccccc1. The molecule has 4 aromatic carbocycles. The van der Waals surface area contributed by atoms with E-state index < -0.39 is 7.92 Å². The maximum atomic E-state index is 14.1.